The third-order valence-corrected chi connectivity index (χ3v) is 2.24. The van der Waals surface area contributed by atoms with Gasteiger partial charge in [-0.1, -0.05) is 25.5 Å². The molecule has 1 rings (SSSR count). The van der Waals surface area contributed by atoms with E-state index in [0.717, 1.165) is 12.8 Å². The molecule has 15 heavy (non-hydrogen) atoms. The summed E-state index contributed by atoms with van der Waals surface area (Å²) < 4.78 is 0. The number of aryl methyl sites for hydroxylation is 1. The molecule has 4 nitrogen and oxygen atoms in total. The predicted octanol–water partition coefficient (Wildman–Crippen LogP) is 2.75. The maximum Gasteiger partial charge on any atom is 0.273 e. The molecule has 1 aromatic rings. The van der Waals surface area contributed by atoms with Crippen LogP contribution in [-0.2, 0) is 6.42 Å². The molecule has 0 unspecified atom stereocenters. The first-order valence-electron chi connectivity index (χ1n) is 4.91. The Labute approximate surface area is 88.1 Å². The molecule has 0 aliphatic heterocycles. The third-order valence-electron chi connectivity index (χ3n) is 2.24. The minimum absolute atomic E-state index is 0.0491. The fraction of sp³-hybridized carbons (Fsp3) is 0.364. The Morgan fingerprint density at radius 2 is 2.20 bits per heavy atom. The van der Waals surface area contributed by atoms with Gasteiger partial charge in [0, 0.05) is 17.2 Å². The van der Waals surface area contributed by atoms with Crippen LogP contribution in [0.4, 0.5) is 5.69 Å². The number of aldehydes is 1. The molecule has 0 aliphatic rings. The lowest BCUT2D eigenvalue weighted by molar-refractivity contribution is -0.385. The molecule has 0 heterocycles. The number of carbonyl (C=O) groups is 1. The van der Waals surface area contributed by atoms with Gasteiger partial charge in [-0.2, -0.15) is 0 Å². The lowest BCUT2D eigenvalue weighted by atomic mass is 10.0. The highest BCUT2D eigenvalue weighted by Crippen LogP contribution is 2.21. The largest absolute Gasteiger partial charge is 0.298 e. The quantitative estimate of drug-likeness (QED) is 0.423. The average Bonchev–Trinajstić information content (AvgIpc) is 2.26. The maximum atomic E-state index is 10.7. The molecular weight excluding hydrogens is 194 g/mol. The van der Waals surface area contributed by atoms with E-state index >= 15 is 0 Å². The van der Waals surface area contributed by atoms with Crippen molar-refractivity contribution in [2.45, 2.75) is 26.2 Å². The summed E-state index contributed by atoms with van der Waals surface area (Å²) in [5.41, 5.74) is 1.10. The number of nitro groups is 1. The monoisotopic (exact) mass is 207 g/mol. The topological polar surface area (TPSA) is 60.2 Å². The van der Waals surface area contributed by atoms with Gasteiger partial charge in [-0.05, 0) is 12.8 Å². The predicted molar refractivity (Wildman–Crippen MR) is 57.1 cm³/mol. The summed E-state index contributed by atoms with van der Waals surface area (Å²) in [4.78, 5) is 20.8. The van der Waals surface area contributed by atoms with E-state index < -0.39 is 4.92 Å². The van der Waals surface area contributed by atoms with Gasteiger partial charge >= 0.3 is 0 Å². The fourth-order valence-corrected chi connectivity index (χ4v) is 1.40. The van der Waals surface area contributed by atoms with Gasteiger partial charge < -0.3 is 0 Å². The minimum atomic E-state index is -0.433. The molecule has 4 heteroatoms. The van der Waals surface area contributed by atoms with Crippen LogP contribution in [0.1, 0.15) is 35.7 Å². The van der Waals surface area contributed by atoms with Crippen molar-refractivity contribution in [3.05, 3.63) is 39.4 Å². The van der Waals surface area contributed by atoms with E-state index in [2.05, 4.69) is 0 Å². The van der Waals surface area contributed by atoms with Gasteiger partial charge in [-0.25, -0.2) is 0 Å². The lowest BCUT2D eigenvalue weighted by Gasteiger charge is -2.02. The summed E-state index contributed by atoms with van der Waals surface area (Å²) >= 11 is 0. The van der Waals surface area contributed by atoms with Gasteiger partial charge in [0.2, 0.25) is 0 Å². The summed E-state index contributed by atoms with van der Waals surface area (Å²) in [6.07, 6.45) is 3.22. The van der Waals surface area contributed by atoms with Crippen LogP contribution in [0.15, 0.2) is 18.2 Å². The highest BCUT2D eigenvalue weighted by atomic mass is 16.6. The van der Waals surface area contributed by atoms with Gasteiger partial charge in [0.15, 0.2) is 0 Å². The number of hydrogen-bond acceptors (Lipinski definition) is 3. The molecule has 0 spiro atoms. The SMILES string of the molecule is CCCCc1ccc(C=O)cc1[N+](=O)[O-]. The van der Waals surface area contributed by atoms with E-state index in [1.165, 1.54) is 6.07 Å². The second-order valence-corrected chi connectivity index (χ2v) is 3.37. The number of rotatable bonds is 5. The Morgan fingerprint density at radius 3 is 2.73 bits per heavy atom. The molecule has 0 saturated carbocycles. The van der Waals surface area contributed by atoms with Crippen molar-refractivity contribution in [2.75, 3.05) is 0 Å². The standard InChI is InChI=1S/C11H13NO3/c1-2-3-4-10-6-5-9(8-13)7-11(10)12(14)15/h5-8H,2-4H2,1H3. The second kappa shape index (κ2) is 5.24. The zero-order valence-electron chi connectivity index (χ0n) is 8.60. The highest BCUT2D eigenvalue weighted by molar-refractivity contribution is 5.76. The minimum Gasteiger partial charge on any atom is -0.298 e. The van der Waals surface area contributed by atoms with E-state index in [9.17, 15) is 14.9 Å². The van der Waals surface area contributed by atoms with Crippen LogP contribution in [0.5, 0.6) is 0 Å². The summed E-state index contributed by atoms with van der Waals surface area (Å²) in [5.74, 6) is 0. The molecule has 0 aliphatic carbocycles. The molecule has 0 amide bonds. The number of nitro benzene ring substituents is 1. The van der Waals surface area contributed by atoms with Crippen LogP contribution in [0.3, 0.4) is 0 Å². The van der Waals surface area contributed by atoms with Crippen LogP contribution in [0, 0.1) is 10.1 Å². The molecular formula is C11H13NO3. The Hall–Kier alpha value is -1.71. The highest BCUT2D eigenvalue weighted by Gasteiger charge is 2.13. The normalized spacial score (nSPS) is 9.93. The van der Waals surface area contributed by atoms with Crippen molar-refractivity contribution in [3.63, 3.8) is 0 Å². The molecule has 1 aromatic carbocycles. The smallest absolute Gasteiger partial charge is 0.273 e. The molecule has 0 aromatic heterocycles. The van der Waals surface area contributed by atoms with Crippen LogP contribution in [-0.4, -0.2) is 11.2 Å². The van der Waals surface area contributed by atoms with Crippen molar-refractivity contribution in [3.8, 4) is 0 Å². The summed E-state index contributed by atoms with van der Waals surface area (Å²) in [6, 6.07) is 4.61. The summed E-state index contributed by atoms with van der Waals surface area (Å²) in [6.45, 7) is 2.03. The number of carbonyl (C=O) groups excluding carboxylic acids is 1. The first-order valence-corrected chi connectivity index (χ1v) is 4.91. The van der Waals surface area contributed by atoms with Crippen LogP contribution in [0.25, 0.3) is 0 Å². The Morgan fingerprint density at radius 1 is 1.47 bits per heavy atom. The number of unbranched alkanes of at least 4 members (excludes halogenated alkanes) is 1. The third kappa shape index (κ3) is 2.87. The van der Waals surface area contributed by atoms with Gasteiger partial charge in [0.05, 0.1) is 4.92 Å². The zero-order valence-corrected chi connectivity index (χ0v) is 8.60. The molecule has 0 saturated heterocycles. The fourth-order valence-electron chi connectivity index (χ4n) is 1.40. The van der Waals surface area contributed by atoms with E-state index in [0.29, 0.717) is 23.8 Å². The Kier molecular flexibility index (Phi) is 3.97. The average molecular weight is 207 g/mol. The van der Waals surface area contributed by atoms with E-state index in [1.807, 2.05) is 6.92 Å². The van der Waals surface area contributed by atoms with Crippen LogP contribution < -0.4 is 0 Å². The summed E-state index contributed by atoms with van der Waals surface area (Å²) in [7, 11) is 0. The number of hydrogen-bond donors (Lipinski definition) is 0. The van der Waals surface area contributed by atoms with Crippen molar-refractivity contribution in [2.24, 2.45) is 0 Å². The van der Waals surface area contributed by atoms with E-state index in [-0.39, 0.29) is 5.69 Å². The van der Waals surface area contributed by atoms with Gasteiger partial charge in [0.1, 0.15) is 6.29 Å². The van der Waals surface area contributed by atoms with Crippen molar-refractivity contribution < 1.29 is 9.72 Å². The van der Waals surface area contributed by atoms with Crippen LogP contribution >= 0.6 is 0 Å². The number of nitrogens with zero attached hydrogens (tertiary/aromatic N) is 1. The molecule has 0 atom stereocenters. The van der Waals surface area contributed by atoms with Gasteiger partial charge in [0.25, 0.3) is 5.69 Å². The first-order chi connectivity index (χ1) is 7.19. The summed E-state index contributed by atoms with van der Waals surface area (Å²) in [5, 5.41) is 10.7. The van der Waals surface area contributed by atoms with E-state index in [1.54, 1.807) is 12.1 Å². The second-order valence-electron chi connectivity index (χ2n) is 3.37. The first kappa shape index (κ1) is 11.4. The van der Waals surface area contributed by atoms with Crippen molar-refractivity contribution in [1.29, 1.82) is 0 Å². The molecule has 0 N–H and O–H groups in total. The molecule has 0 fully saturated rings. The van der Waals surface area contributed by atoms with Gasteiger partial charge in [-0.15, -0.1) is 0 Å². The van der Waals surface area contributed by atoms with Crippen molar-refractivity contribution >= 4 is 12.0 Å². The van der Waals surface area contributed by atoms with Crippen LogP contribution in [0.2, 0.25) is 0 Å². The lowest BCUT2D eigenvalue weighted by Crippen LogP contribution is -1.97. The molecule has 0 radical (unpaired) electrons. The Balaban J connectivity index is 3.03. The van der Waals surface area contributed by atoms with Gasteiger partial charge in [-0.3, -0.25) is 14.9 Å². The molecule has 0 bridgehead atoms. The maximum absolute atomic E-state index is 10.7. The zero-order chi connectivity index (χ0) is 11.3. The Bertz CT molecular complexity index is 374. The number of benzene rings is 1. The molecule has 80 valence electrons. The van der Waals surface area contributed by atoms with E-state index in [4.69, 9.17) is 0 Å². The van der Waals surface area contributed by atoms with Crippen molar-refractivity contribution in [1.82, 2.24) is 0 Å².